The molecule has 0 saturated carbocycles. The Hall–Kier alpha value is -1.50. The van der Waals surface area contributed by atoms with Gasteiger partial charge in [0.25, 0.3) is 5.69 Å². The average molecular weight is 240 g/mol. The van der Waals surface area contributed by atoms with Crippen LogP contribution < -0.4 is 5.32 Å². The molecule has 0 fully saturated rings. The van der Waals surface area contributed by atoms with E-state index in [9.17, 15) is 10.1 Å². The van der Waals surface area contributed by atoms with Crippen molar-refractivity contribution in [3.63, 3.8) is 0 Å². The molecule has 6 nitrogen and oxygen atoms in total. The van der Waals surface area contributed by atoms with E-state index in [2.05, 4.69) is 5.32 Å². The van der Waals surface area contributed by atoms with Crippen molar-refractivity contribution < 1.29 is 14.4 Å². The number of methoxy groups -OCH3 is 2. The number of hydrogen-bond acceptors (Lipinski definition) is 5. The third-order valence-corrected chi connectivity index (χ3v) is 2.29. The molecule has 1 N–H and O–H groups in total. The fourth-order valence-electron chi connectivity index (χ4n) is 1.38. The Morgan fingerprint density at radius 3 is 2.71 bits per heavy atom. The van der Waals surface area contributed by atoms with Gasteiger partial charge in [-0.25, -0.2) is 0 Å². The SMILES string of the molecule is COC(CNCc1cccc([N+](=O)[O-])c1)OC. The predicted molar refractivity (Wildman–Crippen MR) is 62.6 cm³/mol. The highest BCUT2D eigenvalue weighted by molar-refractivity contribution is 5.34. The van der Waals surface area contributed by atoms with Crippen LogP contribution in [0, 0.1) is 10.1 Å². The minimum Gasteiger partial charge on any atom is -0.355 e. The number of non-ortho nitro benzene ring substituents is 1. The number of hydrogen-bond donors (Lipinski definition) is 1. The second kappa shape index (κ2) is 6.95. The monoisotopic (exact) mass is 240 g/mol. The number of nitrogens with one attached hydrogen (secondary N) is 1. The van der Waals surface area contributed by atoms with Crippen molar-refractivity contribution in [2.45, 2.75) is 12.8 Å². The molecule has 0 bridgehead atoms. The summed E-state index contributed by atoms with van der Waals surface area (Å²) < 4.78 is 10.0. The first-order valence-electron chi connectivity index (χ1n) is 5.17. The lowest BCUT2D eigenvalue weighted by molar-refractivity contribution is -0.384. The fourth-order valence-corrected chi connectivity index (χ4v) is 1.38. The van der Waals surface area contributed by atoms with E-state index in [0.717, 1.165) is 5.56 Å². The third-order valence-electron chi connectivity index (χ3n) is 2.29. The summed E-state index contributed by atoms with van der Waals surface area (Å²) >= 11 is 0. The third kappa shape index (κ3) is 4.48. The van der Waals surface area contributed by atoms with Crippen LogP contribution >= 0.6 is 0 Å². The van der Waals surface area contributed by atoms with Crippen LogP contribution in [0.4, 0.5) is 5.69 Å². The fraction of sp³-hybridized carbons (Fsp3) is 0.455. The van der Waals surface area contributed by atoms with Crippen LogP contribution in [0.15, 0.2) is 24.3 Å². The molecule has 17 heavy (non-hydrogen) atoms. The van der Waals surface area contributed by atoms with Crippen LogP contribution in [0.1, 0.15) is 5.56 Å². The first kappa shape index (κ1) is 13.6. The van der Waals surface area contributed by atoms with E-state index >= 15 is 0 Å². The standard InChI is InChI=1S/C11H16N2O4/c1-16-11(17-2)8-12-7-9-4-3-5-10(6-9)13(14)15/h3-6,11-12H,7-8H2,1-2H3. The zero-order valence-corrected chi connectivity index (χ0v) is 9.88. The summed E-state index contributed by atoms with van der Waals surface area (Å²) in [5, 5.41) is 13.7. The maximum atomic E-state index is 10.6. The number of benzene rings is 1. The van der Waals surface area contributed by atoms with Gasteiger partial charge in [0.05, 0.1) is 4.92 Å². The summed E-state index contributed by atoms with van der Waals surface area (Å²) in [5.74, 6) is 0. The van der Waals surface area contributed by atoms with Gasteiger partial charge in [-0.15, -0.1) is 0 Å². The molecule has 6 heteroatoms. The van der Waals surface area contributed by atoms with Crippen LogP contribution in [-0.4, -0.2) is 32.0 Å². The molecule has 0 aliphatic heterocycles. The zero-order chi connectivity index (χ0) is 12.7. The van der Waals surface area contributed by atoms with Gasteiger partial charge in [0.1, 0.15) is 0 Å². The van der Waals surface area contributed by atoms with Gasteiger partial charge in [-0.2, -0.15) is 0 Å². The molecule has 1 rings (SSSR count). The van der Waals surface area contributed by atoms with E-state index in [4.69, 9.17) is 9.47 Å². The van der Waals surface area contributed by atoms with Gasteiger partial charge in [-0.3, -0.25) is 10.1 Å². The summed E-state index contributed by atoms with van der Waals surface area (Å²) in [4.78, 5) is 10.2. The molecular formula is C11H16N2O4. The molecule has 0 aliphatic rings. The van der Waals surface area contributed by atoms with Crippen molar-refractivity contribution in [1.82, 2.24) is 5.32 Å². The number of nitrogens with zero attached hydrogens (tertiary/aromatic N) is 1. The summed E-state index contributed by atoms with van der Waals surface area (Å²) in [5.41, 5.74) is 0.949. The van der Waals surface area contributed by atoms with E-state index in [1.807, 2.05) is 6.07 Å². The molecular weight excluding hydrogens is 224 g/mol. The van der Waals surface area contributed by atoms with Gasteiger partial charge >= 0.3 is 0 Å². The molecule has 0 amide bonds. The van der Waals surface area contributed by atoms with Crippen molar-refractivity contribution in [2.24, 2.45) is 0 Å². The van der Waals surface area contributed by atoms with E-state index in [-0.39, 0.29) is 12.0 Å². The minimum absolute atomic E-state index is 0.0966. The predicted octanol–water partition coefficient (Wildman–Crippen LogP) is 1.30. The number of rotatable bonds is 7. The molecule has 0 radical (unpaired) electrons. The molecule has 1 aromatic rings. The molecule has 1 aromatic carbocycles. The topological polar surface area (TPSA) is 73.6 Å². The molecule has 0 saturated heterocycles. The summed E-state index contributed by atoms with van der Waals surface area (Å²) in [7, 11) is 3.12. The molecule has 0 unspecified atom stereocenters. The summed E-state index contributed by atoms with van der Waals surface area (Å²) in [6.45, 7) is 1.06. The quantitative estimate of drug-likeness (QED) is 0.442. The Kier molecular flexibility index (Phi) is 5.55. The Balaban J connectivity index is 2.46. The maximum absolute atomic E-state index is 10.6. The molecule has 0 aliphatic carbocycles. The van der Waals surface area contributed by atoms with Gasteiger partial charge in [0.15, 0.2) is 6.29 Å². The molecule has 0 heterocycles. The normalized spacial score (nSPS) is 10.8. The summed E-state index contributed by atoms with van der Waals surface area (Å²) in [6.07, 6.45) is -0.311. The minimum atomic E-state index is -0.406. The highest BCUT2D eigenvalue weighted by Gasteiger charge is 2.07. The van der Waals surface area contributed by atoms with Crippen LogP contribution in [-0.2, 0) is 16.0 Å². The average Bonchev–Trinajstić information content (AvgIpc) is 2.35. The molecule has 94 valence electrons. The van der Waals surface area contributed by atoms with Crippen molar-refractivity contribution in [1.29, 1.82) is 0 Å². The first-order valence-corrected chi connectivity index (χ1v) is 5.17. The Morgan fingerprint density at radius 1 is 1.41 bits per heavy atom. The highest BCUT2D eigenvalue weighted by atomic mass is 16.7. The van der Waals surface area contributed by atoms with E-state index in [0.29, 0.717) is 13.1 Å². The first-order chi connectivity index (χ1) is 8.17. The van der Waals surface area contributed by atoms with E-state index in [1.54, 1.807) is 26.4 Å². The molecule has 0 atom stereocenters. The maximum Gasteiger partial charge on any atom is 0.269 e. The van der Waals surface area contributed by atoms with Crippen LogP contribution in [0.3, 0.4) is 0 Å². The van der Waals surface area contributed by atoms with Crippen molar-refractivity contribution in [3.8, 4) is 0 Å². The highest BCUT2D eigenvalue weighted by Crippen LogP contribution is 2.12. The van der Waals surface area contributed by atoms with Gasteiger partial charge < -0.3 is 14.8 Å². The summed E-state index contributed by atoms with van der Waals surface area (Å²) in [6, 6.07) is 6.51. The second-order valence-electron chi connectivity index (χ2n) is 3.46. The molecule has 0 aromatic heterocycles. The number of nitro benzene ring substituents is 1. The van der Waals surface area contributed by atoms with Gasteiger partial charge in [-0.1, -0.05) is 12.1 Å². The second-order valence-corrected chi connectivity index (χ2v) is 3.46. The number of ether oxygens (including phenoxy) is 2. The largest absolute Gasteiger partial charge is 0.355 e. The Morgan fingerprint density at radius 2 is 2.12 bits per heavy atom. The lowest BCUT2D eigenvalue weighted by atomic mass is 10.2. The van der Waals surface area contributed by atoms with E-state index < -0.39 is 4.92 Å². The van der Waals surface area contributed by atoms with Crippen LogP contribution in [0.2, 0.25) is 0 Å². The lowest BCUT2D eigenvalue weighted by Crippen LogP contribution is -2.29. The van der Waals surface area contributed by atoms with Crippen LogP contribution in [0.25, 0.3) is 0 Å². The zero-order valence-electron chi connectivity index (χ0n) is 9.88. The van der Waals surface area contributed by atoms with Crippen LogP contribution in [0.5, 0.6) is 0 Å². The lowest BCUT2D eigenvalue weighted by Gasteiger charge is -2.13. The molecule has 0 spiro atoms. The van der Waals surface area contributed by atoms with Gasteiger partial charge in [0, 0.05) is 39.4 Å². The van der Waals surface area contributed by atoms with Gasteiger partial charge in [0.2, 0.25) is 0 Å². The van der Waals surface area contributed by atoms with Crippen molar-refractivity contribution in [3.05, 3.63) is 39.9 Å². The van der Waals surface area contributed by atoms with Crippen molar-refractivity contribution >= 4 is 5.69 Å². The number of nitro groups is 1. The Labute approximate surface area is 99.7 Å². The van der Waals surface area contributed by atoms with Crippen molar-refractivity contribution in [2.75, 3.05) is 20.8 Å². The van der Waals surface area contributed by atoms with E-state index in [1.165, 1.54) is 6.07 Å². The smallest absolute Gasteiger partial charge is 0.269 e. The Bertz CT molecular complexity index is 366. The van der Waals surface area contributed by atoms with Gasteiger partial charge in [-0.05, 0) is 5.56 Å².